The van der Waals surface area contributed by atoms with Gasteiger partial charge in [-0.1, -0.05) is 128 Å². The Kier molecular flexibility index (Phi) is 6.35. The SMILES string of the molecule is CC1(c2ccc3c(c2)c2ccccc2n3-c2ccc(-c3ccccc3)c3c2sc2ccccc23)C=Cc2c(c3ccccc3n2-c2ccccc2)C1. The maximum absolute atomic E-state index is 2.51. The molecule has 3 heterocycles. The molecule has 3 aromatic heterocycles. The number of allylic oxidation sites excluding steroid dienone is 1. The molecule has 0 amide bonds. The third-order valence-electron chi connectivity index (χ3n) is 11.4. The fourth-order valence-electron chi connectivity index (χ4n) is 8.87. The van der Waals surface area contributed by atoms with E-state index in [1.165, 1.54) is 92.2 Å². The molecule has 1 aliphatic carbocycles. The third kappa shape index (κ3) is 4.23. The highest BCUT2D eigenvalue weighted by Gasteiger charge is 2.32. The molecule has 0 saturated carbocycles. The lowest BCUT2D eigenvalue weighted by Crippen LogP contribution is -2.25. The smallest absolute Gasteiger partial charge is 0.0641 e. The molecule has 1 unspecified atom stereocenters. The Morgan fingerprint density at radius 2 is 1.21 bits per heavy atom. The first kappa shape index (κ1) is 29.6. The van der Waals surface area contributed by atoms with E-state index in [1.807, 2.05) is 11.3 Å². The van der Waals surface area contributed by atoms with Gasteiger partial charge in [0.1, 0.15) is 0 Å². The Balaban J connectivity index is 1.10. The number of hydrogen-bond acceptors (Lipinski definition) is 1. The van der Waals surface area contributed by atoms with Gasteiger partial charge in [-0.05, 0) is 83.3 Å². The second-order valence-electron chi connectivity index (χ2n) is 14.4. The summed E-state index contributed by atoms with van der Waals surface area (Å²) in [5, 5.41) is 6.56. The van der Waals surface area contributed by atoms with E-state index in [0.717, 1.165) is 6.42 Å². The number of thiophene rings is 1. The summed E-state index contributed by atoms with van der Waals surface area (Å²) in [5.41, 5.74) is 12.6. The van der Waals surface area contributed by atoms with Crippen LogP contribution in [0.4, 0.5) is 0 Å². The van der Waals surface area contributed by atoms with Crippen LogP contribution in [0.15, 0.2) is 170 Å². The van der Waals surface area contributed by atoms with Crippen LogP contribution in [0, 0.1) is 0 Å². The minimum Gasteiger partial charge on any atom is -0.310 e. The average molecular weight is 683 g/mol. The zero-order valence-electron chi connectivity index (χ0n) is 28.8. The lowest BCUT2D eigenvalue weighted by molar-refractivity contribution is 0.589. The van der Waals surface area contributed by atoms with Gasteiger partial charge in [-0.2, -0.15) is 0 Å². The van der Waals surface area contributed by atoms with Crippen LogP contribution < -0.4 is 0 Å². The van der Waals surface area contributed by atoms with Gasteiger partial charge in [0.15, 0.2) is 0 Å². The van der Waals surface area contributed by atoms with Crippen molar-refractivity contribution in [1.82, 2.24) is 9.13 Å². The highest BCUT2D eigenvalue weighted by Crippen LogP contribution is 2.46. The van der Waals surface area contributed by atoms with Gasteiger partial charge in [-0.3, -0.25) is 0 Å². The van der Waals surface area contributed by atoms with Crippen molar-refractivity contribution in [2.45, 2.75) is 18.8 Å². The molecular weight excluding hydrogens is 649 g/mol. The van der Waals surface area contributed by atoms with Gasteiger partial charge >= 0.3 is 0 Å². The van der Waals surface area contributed by atoms with E-state index in [1.54, 1.807) is 0 Å². The molecule has 0 spiro atoms. The predicted molar refractivity (Wildman–Crippen MR) is 222 cm³/mol. The minimum atomic E-state index is -0.161. The van der Waals surface area contributed by atoms with Crippen molar-refractivity contribution in [2.75, 3.05) is 0 Å². The lowest BCUT2D eigenvalue weighted by atomic mass is 9.73. The number of para-hydroxylation sites is 3. The van der Waals surface area contributed by atoms with Gasteiger partial charge in [0.25, 0.3) is 0 Å². The Labute approximate surface area is 306 Å². The quantitative estimate of drug-likeness (QED) is 0.175. The van der Waals surface area contributed by atoms with Crippen molar-refractivity contribution >= 4 is 70.3 Å². The van der Waals surface area contributed by atoms with Crippen LogP contribution in [0.25, 0.3) is 81.5 Å². The van der Waals surface area contributed by atoms with Crippen molar-refractivity contribution in [3.63, 3.8) is 0 Å². The number of hydrogen-bond donors (Lipinski definition) is 0. The summed E-state index contributed by atoms with van der Waals surface area (Å²) in [6, 6.07) is 60.2. The van der Waals surface area contributed by atoms with E-state index in [4.69, 9.17) is 0 Å². The first-order valence-corrected chi connectivity index (χ1v) is 18.9. The maximum Gasteiger partial charge on any atom is 0.0641 e. The third-order valence-corrected chi connectivity index (χ3v) is 12.5. The first-order valence-electron chi connectivity index (χ1n) is 18.1. The summed E-state index contributed by atoms with van der Waals surface area (Å²) in [6.07, 6.45) is 5.75. The average Bonchev–Trinajstić information content (AvgIpc) is 3.86. The van der Waals surface area contributed by atoms with Crippen molar-refractivity contribution in [3.05, 3.63) is 187 Å². The van der Waals surface area contributed by atoms with Gasteiger partial charge in [-0.25, -0.2) is 0 Å². The van der Waals surface area contributed by atoms with E-state index < -0.39 is 0 Å². The molecule has 52 heavy (non-hydrogen) atoms. The number of nitrogens with zero attached hydrogens (tertiary/aromatic N) is 2. The number of aromatic nitrogens is 2. The van der Waals surface area contributed by atoms with E-state index in [-0.39, 0.29) is 5.41 Å². The summed E-state index contributed by atoms with van der Waals surface area (Å²) in [7, 11) is 0. The summed E-state index contributed by atoms with van der Waals surface area (Å²) < 4.78 is 7.56. The Morgan fingerprint density at radius 1 is 0.558 bits per heavy atom. The summed E-state index contributed by atoms with van der Waals surface area (Å²) in [5.74, 6) is 0. The second-order valence-corrected chi connectivity index (χ2v) is 15.4. The molecule has 11 rings (SSSR count). The monoisotopic (exact) mass is 682 g/mol. The molecule has 0 fully saturated rings. The van der Waals surface area contributed by atoms with Crippen molar-refractivity contribution in [2.24, 2.45) is 0 Å². The van der Waals surface area contributed by atoms with E-state index in [0.29, 0.717) is 0 Å². The van der Waals surface area contributed by atoms with Crippen molar-refractivity contribution in [1.29, 1.82) is 0 Å². The standard InChI is InChI=1S/C49H34N2S/c1-49(29-28-44-40(31-49)37-19-9-11-21-41(37)50(44)34-16-6-3-7-17-34)33-24-26-43-39(30-33)36-18-8-12-22-42(36)51(43)45-27-25-35(32-14-4-2-5-15-32)47-38-20-10-13-23-46(38)52-48(45)47/h2-30H,31H2,1H3. The van der Waals surface area contributed by atoms with Gasteiger partial charge in [0.05, 0.1) is 26.9 Å². The molecule has 0 saturated heterocycles. The van der Waals surface area contributed by atoms with Crippen molar-refractivity contribution < 1.29 is 0 Å². The summed E-state index contributed by atoms with van der Waals surface area (Å²) >= 11 is 1.90. The fraction of sp³-hybridized carbons (Fsp3) is 0.0612. The minimum absolute atomic E-state index is 0.161. The highest BCUT2D eigenvalue weighted by atomic mass is 32.1. The molecule has 1 atom stereocenters. The van der Waals surface area contributed by atoms with Crippen LogP contribution in [-0.4, -0.2) is 9.13 Å². The zero-order valence-corrected chi connectivity index (χ0v) is 29.6. The van der Waals surface area contributed by atoms with E-state index in [9.17, 15) is 0 Å². The largest absolute Gasteiger partial charge is 0.310 e. The fourth-order valence-corrected chi connectivity index (χ4v) is 10.1. The van der Waals surface area contributed by atoms with Gasteiger partial charge in [0, 0.05) is 48.4 Å². The molecule has 0 bridgehead atoms. The molecule has 10 aromatic rings. The number of fused-ring (bicyclic) bond motifs is 9. The van der Waals surface area contributed by atoms with Crippen LogP contribution >= 0.6 is 11.3 Å². The predicted octanol–water partition coefficient (Wildman–Crippen LogP) is 13.3. The molecule has 246 valence electrons. The number of benzene rings is 7. The van der Waals surface area contributed by atoms with Crippen LogP contribution in [0.2, 0.25) is 0 Å². The van der Waals surface area contributed by atoms with Crippen LogP contribution in [-0.2, 0) is 11.8 Å². The van der Waals surface area contributed by atoms with Gasteiger partial charge < -0.3 is 9.13 Å². The molecule has 0 radical (unpaired) electrons. The summed E-state index contributed by atoms with van der Waals surface area (Å²) in [4.78, 5) is 0. The molecule has 1 aliphatic rings. The van der Waals surface area contributed by atoms with Crippen LogP contribution in [0.1, 0.15) is 23.7 Å². The highest BCUT2D eigenvalue weighted by molar-refractivity contribution is 7.26. The zero-order chi connectivity index (χ0) is 34.4. The normalized spacial score (nSPS) is 15.7. The maximum atomic E-state index is 2.51. The van der Waals surface area contributed by atoms with Crippen LogP contribution in [0.3, 0.4) is 0 Å². The first-order chi connectivity index (χ1) is 25.7. The Bertz CT molecular complexity index is 3050. The molecule has 0 aliphatic heterocycles. The Morgan fingerprint density at radius 3 is 2.02 bits per heavy atom. The Hall–Kier alpha value is -6.16. The molecule has 2 nitrogen and oxygen atoms in total. The molecule has 3 heteroatoms. The molecule has 7 aromatic carbocycles. The van der Waals surface area contributed by atoms with E-state index >= 15 is 0 Å². The second kappa shape index (κ2) is 11.2. The van der Waals surface area contributed by atoms with Gasteiger partial charge in [0.2, 0.25) is 0 Å². The number of rotatable bonds is 4. The van der Waals surface area contributed by atoms with E-state index in [2.05, 4.69) is 192 Å². The topological polar surface area (TPSA) is 9.86 Å². The van der Waals surface area contributed by atoms with Crippen LogP contribution in [0.5, 0.6) is 0 Å². The summed E-state index contributed by atoms with van der Waals surface area (Å²) in [6.45, 7) is 2.41. The lowest BCUT2D eigenvalue weighted by Gasteiger charge is -2.30. The molecular formula is C49H34N2S. The van der Waals surface area contributed by atoms with Gasteiger partial charge in [-0.15, -0.1) is 11.3 Å². The molecule has 0 N–H and O–H groups in total. The van der Waals surface area contributed by atoms with Crippen molar-refractivity contribution in [3.8, 4) is 22.5 Å².